The zero-order valence-electron chi connectivity index (χ0n) is 10.4. The molecule has 0 saturated carbocycles. The van der Waals surface area contributed by atoms with Crippen molar-refractivity contribution in [1.29, 1.82) is 0 Å². The Labute approximate surface area is 106 Å². The van der Waals surface area contributed by atoms with Crippen LogP contribution in [0.2, 0.25) is 0 Å². The third-order valence-corrected chi connectivity index (χ3v) is 4.29. The third kappa shape index (κ3) is 2.58. The van der Waals surface area contributed by atoms with E-state index in [1.807, 2.05) is 6.07 Å². The highest BCUT2D eigenvalue weighted by atomic mass is 32.2. The summed E-state index contributed by atoms with van der Waals surface area (Å²) in [4.78, 5) is 15.8. The molecule has 2 rings (SSSR count). The second kappa shape index (κ2) is 5.74. The summed E-state index contributed by atoms with van der Waals surface area (Å²) in [7, 11) is 0. The predicted octanol–water partition coefficient (Wildman–Crippen LogP) is 3.12. The minimum Gasteiger partial charge on any atom is -0.367 e. The van der Waals surface area contributed by atoms with Gasteiger partial charge >= 0.3 is 0 Å². The highest BCUT2D eigenvalue weighted by molar-refractivity contribution is 8.00. The predicted molar refractivity (Wildman–Crippen MR) is 70.6 cm³/mol. The van der Waals surface area contributed by atoms with Crippen LogP contribution in [0.1, 0.15) is 44.6 Å². The fourth-order valence-electron chi connectivity index (χ4n) is 2.25. The van der Waals surface area contributed by atoms with Crippen LogP contribution in [0.15, 0.2) is 22.0 Å². The van der Waals surface area contributed by atoms with Gasteiger partial charge in [0.2, 0.25) is 0 Å². The molecule has 1 aliphatic heterocycles. The number of pyridine rings is 1. The van der Waals surface area contributed by atoms with Gasteiger partial charge in [0.25, 0.3) is 5.56 Å². The lowest BCUT2D eigenvalue weighted by atomic mass is 9.96. The van der Waals surface area contributed by atoms with Crippen molar-refractivity contribution in [3.8, 4) is 0 Å². The highest BCUT2D eigenvalue weighted by Gasteiger charge is 2.35. The Kier molecular flexibility index (Phi) is 4.29. The van der Waals surface area contributed by atoms with Gasteiger partial charge in [-0.05, 0) is 18.9 Å². The van der Waals surface area contributed by atoms with Crippen molar-refractivity contribution in [2.75, 3.05) is 6.61 Å². The number of thioether (sulfide) groups is 1. The molecule has 17 heavy (non-hydrogen) atoms. The molecule has 4 heteroatoms. The van der Waals surface area contributed by atoms with Crippen molar-refractivity contribution in [3.63, 3.8) is 0 Å². The summed E-state index contributed by atoms with van der Waals surface area (Å²) in [5, 5.41) is 0. The summed E-state index contributed by atoms with van der Waals surface area (Å²) in [6, 6.07) is 1.99. The van der Waals surface area contributed by atoms with E-state index in [9.17, 15) is 4.79 Å². The number of ether oxygens (including phenoxy) is 1. The van der Waals surface area contributed by atoms with Crippen molar-refractivity contribution in [3.05, 3.63) is 28.2 Å². The average molecular weight is 253 g/mol. The fourth-order valence-corrected chi connectivity index (χ4v) is 3.61. The van der Waals surface area contributed by atoms with Gasteiger partial charge in [-0.3, -0.25) is 4.79 Å². The number of aromatic amines is 1. The Morgan fingerprint density at radius 3 is 2.94 bits per heavy atom. The lowest BCUT2D eigenvalue weighted by Gasteiger charge is -2.18. The van der Waals surface area contributed by atoms with E-state index in [1.54, 1.807) is 18.0 Å². The lowest BCUT2D eigenvalue weighted by molar-refractivity contribution is 0.0948. The van der Waals surface area contributed by atoms with Crippen LogP contribution >= 0.6 is 11.8 Å². The zero-order valence-corrected chi connectivity index (χ0v) is 11.2. The number of rotatable bonds is 5. The summed E-state index contributed by atoms with van der Waals surface area (Å²) in [6.45, 7) is 5.02. The lowest BCUT2D eigenvalue weighted by Crippen LogP contribution is -2.20. The van der Waals surface area contributed by atoms with Crippen LogP contribution in [-0.4, -0.2) is 17.0 Å². The quantitative estimate of drug-likeness (QED) is 0.876. The molecule has 0 bridgehead atoms. The summed E-state index contributed by atoms with van der Waals surface area (Å²) in [6.07, 6.45) is 4.83. The SMILES string of the molecule is CCCOC1Sc2cc[nH]c(=O)c2C1CCC. The highest BCUT2D eigenvalue weighted by Crippen LogP contribution is 2.46. The van der Waals surface area contributed by atoms with E-state index in [-0.39, 0.29) is 16.9 Å². The molecule has 2 heterocycles. The number of H-pyrrole nitrogens is 1. The molecule has 0 spiro atoms. The standard InChI is InChI=1S/C13H19NO2S/c1-3-5-9-11-10(6-7-14-12(11)15)17-13(9)16-8-4-2/h6-7,9,13H,3-5,8H2,1-2H3,(H,14,15). The van der Waals surface area contributed by atoms with E-state index in [1.165, 1.54) is 0 Å². The number of fused-ring (bicyclic) bond motifs is 1. The second-order valence-corrected chi connectivity index (χ2v) is 5.48. The fraction of sp³-hybridized carbons (Fsp3) is 0.615. The van der Waals surface area contributed by atoms with E-state index in [0.717, 1.165) is 36.3 Å². The number of hydrogen-bond acceptors (Lipinski definition) is 3. The molecule has 0 amide bonds. The Balaban J connectivity index is 2.25. The van der Waals surface area contributed by atoms with Crippen molar-refractivity contribution >= 4 is 11.8 Å². The van der Waals surface area contributed by atoms with Gasteiger partial charge in [-0.15, -0.1) is 0 Å². The summed E-state index contributed by atoms with van der Waals surface area (Å²) >= 11 is 1.70. The monoisotopic (exact) mass is 253 g/mol. The van der Waals surface area contributed by atoms with Crippen molar-refractivity contribution in [2.45, 2.75) is 49.4 Å². The number of nitrogens with one attached hydrogen (secondary N) is 1. The first-order valence-electron chi connectivity index (χ1n) is 6.27. The molecule has 1 aromatic rings. The van der Waals surface area contributed by atoms with Crippen LogP contribution in [0, 0.1) is 0 Å². The molecule has 0 aliphatic carbocycles. The van der Waals surface area contributed by atoms with Crippen molar-refractivity contribution in [1.82, 2.24) is 4.98 Å². The Morgan fingerprint density at radius 2 is 2.24 bits per heavy atom. The van der Waals surface area contributed by atoms with Crippen LogP contribution in [0.3, 0.4) is 0 Å². The van der Waals surface area contributed by atoms with Crippen LogP contribution in [-0.2, 0) is 4.74 Å². The molecular weight excluding hydrogens is 234 g/mol. The third-order valence-electron chi connectivity index (χ3n) is 2.99. The molecule has 1 aromatic heterocycles. The summed E-state index contributed by atoms with van der Waals surface area (Å²) in [5.74, 6) is 0.247. The second-order valence-electron chi connectivity index (χ2n) is 4.34. The smallest absolute Gasteiger partial charge is 0.252 e. The maximum Gasteiger partial charge on any atom is 0.252 e. The molecule has 0 radical (unpaired) electrons. The Morgan fingerprint density at radius 1 is 1.41 bits per heavy atom. The maximum atomic E-state index is 11.9. The van der Waals surface area contributed by atoms with Gasteiger partial charge < -0.3 is 9.72 Å². The van der Waals surface area contributed by atoms with Crippen LogP contribution < -0.4 is 5.56 Å². The van der Waals surface area contributed by atoms with E-state index >= 15 is 0 Å². The maximum absolute atomic E-state index is 11.9. The Bertz CT molecular complexity index is 430. The van der Waals surface area contributed by atoms with Crippen molar-refractivity contribution < 1.29 is 4.74 Å². The molecule has 1 aliphatic rings. The van der Waals surface area contributed by atoms with Gasteiger partial charge in [0.05, 0.1) is 0 Å². The molecule has 1 N–H and O–H groups in total. The molecule has 2 unspecified atom stereocenters. The van der Waals surface area contributed by atoms with Gasteiger partial charge in [-0.2, -0.15) is 0 Å². The molecular formula is C13H19NO2S. The average Bonchev–Trinajstić information content (AvgIpc) is 2.67. The van der Waals surface area contributed by atoms with Crippen LogP contribution in [0.5, 0.6) is 0 Å². The molecule has 0 fully saturated rings. The first-order valence-corrected chi connectivity index (χ1v) is 7.15. The number of aromatic nitrogens is 1. The largest absolute Gasteiger partial charge is 0.367 e. The summed E-state index contributed by atoms with van der Waals surface area (Å²) < 4.78 is 5.86. The number of hydrogen-bond donors (Lipinski definition) is 1. The van der Waals surface area contributed by atoms with Gasteiger partial charge in [-0.25, -0.2) is 0 Å². The normalized spacial score (nSPS) is 22.7. The molecule has 0 aromatic carbocycles. The van der Waals surface area contributed by atoms with E-state index in [4.69, 9.17) is 4.74 Å². The van der Waals surface area contributed by atoms with Gasteiger partial charge in [0.1, 0.15) is 5.44 Å². The minimum absolute atomic E-state index is 0.0519. The zero-order chi connectivity index (χ0) is 12.3. The topological polar surface area (TPSA) is 42.1 Å². The van der Waals surface area contributed by atoms with E-state index in [2.05, 4.69) is 18.8 Å². The molecule has 94 valence electrons. The minimum atomic E-state index is 0.0519. The van der Waals surface area contributed by atoms with Crippen molar-refractivity contribution in [2.24, 2.45) is 0 Å². The Hall–Kier alpha value is -0.740. The van der Waals surface area contributed by atoms with Crippen LogP contribution in [0.4, 0.5) is 0 Å². The van der Waals surface area contributed by atoms with Gasteiger partial charge in [0.15, 0.2) is 0 Å². The van der Waals surface area contributed by atoms with Gasteiger partial charge in [-0.1, -0.05) is 32.0 Å². The first kappa shape index (κ1) is 12.7. The summed E-state index contributed by atoms with van der Waals surface area (Å²) in [5.41, 5.74) is 1.10. The molecule has 0 saturated heterocycles. The van der Waals surface area contributed by atoms with E-state index in [0.29, 0.717) is 0 Å². The van der Waals surface area contributed by atoms with E-state index < -0.39 is 0 Å². The first-order chi connectivity index (χ1) is 8.27. The molecule has 3 nitrogen and oxygen atoms in total. The van der Waals surface area contributed by atoms with Gasteiger partial charge in [0, 0.05) is 29.2 Å². The molecule has 2 atom stereocenters. The van der Waals surface area contributed by atoms with Crippen LogP contribution in [0.25, 0.3) is 0 Å².